The van der Waals surface area contributed by atoms with E-state index in [-0.39, 0.29) is 0 Å². The summed E-state index contributed by atoms with van der Waals surface area (Å²) >= 11 is 0.628. The molecule has 36 valence electrons. The van der Waals surface area contributed by atoms with Crippen LogP contribution < -0.4 is 21.2 Å². The van der Waals surface area contributed by atoms with Gasteiger partial charge in [0.05, 0.1) is 0 Å². The maximum Gasteiger partial charge on any atom is 0.287 e. The standard InChI is InChI=1S/C4H9IN/c1-6-3-2-5-4-6/h2-4H2,1H3/q+1. The molecule has 2 heteroatoms. The van der Waals surface area contributed by atoms with E-state index in [1.807, 2.05) is 0 Å². The zero-order chi connectivity index (χ0) is 4.41. The van der Waals surface area contributed by atoms with Gasteiger partial charge in [-0.05, 0) is 7.05 Å². The topological polar surface area (TPSA) is 3.24 Å². The van der Waals surface area contributed by atoms with Crippen molar-refractivity contribution in [2.24, 2.45) is 0 Å². The van der Waals surface area contributed by atoms with Crippen LogP contribution in [0.1, 0.15) is 0 Å². The Kier molecular flexibility index (Phi) is 1.71. The highest BCUT2D eigenvalue weighted by atomic mass is 127. The lowest BCUT2D eigenvalue weighted by atomic mass is 10.7. The van der Waals surface area contributed by atoms with E-state index in [1.165, 1.54) is 15.5 Å². The summed E-state index contributed by atoms with van der Waals surface area (Å²) in [7, 11) is 2.20. The molecule has 0 aromatic heterocycles. The highest BCUT2D eigenvalue weighted by Crippen LogP contribution is 1.70. The summed E-state index contributed by atoms with van der Waals surface area (Å²) in [4.78, 5) is 2.41. The Bertz CT molecular complexity index is 40.8. The van der Waals surface area contributed by atoms with Crippen molar-refractivity contribution in [3.63, 3.8) is 0 Å². The number of nitrogens with zero attached hydrogens (tertiary/aromatic N) is 1. The zero-order valence-corrected chi connectivity index (χ0v) is 6.10. The number of rotatable bonds is 0. The fourth-order valence-corrected chi connectivity index (χ4v) is 3.14. The van der Waals surface area contributed by atoms with Gasteiger partial charge in [-0.3, -0.25) is 4.90 Å². The molecule has 1 fully saturated rings. The van der Waals surface area contributed by atoms with E-state index >= 15 is 0 Å². The van der Waals surface area contributed by atoms with Gasteiger partial charge >= 0.3 is 0 Å². The Morgan fingerprint density at radius 3 is 2.67 bits per heavy atom. The highest BCUT2D eigenvalue weighted by molar-refractivity contribution is 4.43. The van der Waals surface area contributed by atoms with Crippen molar-refractivity contribution in [1.82, 2.24) is 4.90 Å². The van der Waals surface area contributed by atoms with Crippen LogP contribution in [0.2, 0.25) is 0 Å². The summed E-state index contributed by atoms with van der Waals surface area (Å²) in [5, 5.41) is 0. The van der Waals surface area contributed by atoms with Gasteiger partial charge in [0.25, 0.3) is 21.2 Å². The van der Waals surface area contributed by atoms with E-state index in [0.717, 1.165) is 0 Å². The van der Waals surface area contributed by atoms with Crippen molar-refractivity contribution >= 4 is 0 Å². The average molecular weight is 198 g/mol. The van der Waals surface area contributed by atoms with Crippen LogP contribution in [0.4, 0.5) is 0 Å². The minimum Gasteiger partial charge on any atom is -0.261 e. The van der Waals surface area contributed by atoms with Crippen molar-refractivity contribution in [3.8, 4) is 0 Å². The van der Waals surface area contributed by atoms with Gasteiger partial charge in [0.15, 0.2) is 8.98 Å². The molecule has 0 spiro atoms. The van der Waals surface area contributed by atoms with Crippen molar-refractivity contribution < 1.29 is 21.2 Å². The number of halogens is 1. The molecule has 0 aromatic carbocycles. The van der Waals surface area contributed by atoms with Crippen molar-refractivity contribution in [3.05, 3.63) is 0 Å². The molecule has 1 aliphatic rings. The molecule has 0 atom stereocenters. The molecule has 1 heterocycles. The van der Waals surface area contributed by atoms with E-state index in [0.29, 0.717) is 21.2 Å². The van der Waals surface area contributed by atoms with Gasteiger partial charge in [-0.2, -0.15) is 0 Å². The molecule has 0 aliphatic carbocycles. The van der Waals surface area contributed by atoms with E-state index in [4.69, 9.17) is 0 Å². The summed E-state index contributed by atoms with van der Waals surface area (Å²) in [6, 6.07) is 0. The van der Waals surface area contributed by atoms with E-state index in [1.54, 1.807) is 0 Å². The first-order valence-electron chi connectivity index (χ1n) is 2.11. The maximum absolute atomic E-state index is 2.41. The van der Waals surface area contributed by atoms with Crippen LogP contribution in [0.5, 0.6) is 0 Å². The van der Waals surface area contributed by atoms with Gasteiger partial charge in [0, 0.05) is 6.54 Å². The first-order valence-corrected chi connectivity index (χ1v) is 5.17. The monoisotopic (exact) mass is 198 g/mol. The van der Waals surface area contributed by atoms with Crippen molar-refractivity contribution in [2.45, 2.75) is 0 Å². The summed E-state index contributed by atoms with van der Waals surface area (Å²) < 4.78 is 2.95. The molecule has 0 N–H and O–H groups in total. The van der Waals surface area contributed by atoms with E-state index in [2.05, 4.69) is 11.9 Å². The molecule has 0 amide bonds. The molecule has 0 radical (unpaired) electrons. The molecule has 1 rings (SSSR count). The van der Waals surface area contributed by atoms with Crippen LogP contribution in [0, 0.1) is 0 Å². The molecule has 1 saturated heterocycles. The second kappa shape index (κ2) is 2.12. The molecule has 1 nitrogen and oxygen atoms in total. The summed E-state index contributed by atoms with van der Waals surface area (Å²) in [5.74, 6) is 0. The SMILES string of the molecule is CN1CC[I+]C1. The Morgan fingerprint density at radius 1 is 1.67 bits per heavy atom. The lowest BCUT2D eigenvalue weighted by Crippen LogP contribution is -3.62. The fourth-order valence-electron chi connectivity index (χ4n) is 0.468. The Labute approximate surface area is 49.0 Å². The second-order valence-corrected chi connectivity index (χ2v) is 4.42. The number of hydrogen-bond donors (Lipinski definition) is 0. The van der Waals surface area contributed by atoms with Gasteiger partial charge in [-0.15, -0.1) is 0 Å². The molecule has 0 saturated carbocycles. The largest absolute Gasteiger partial charge is 0.287 e. The fraction of sp³-hybridized carbons (Fsp3) is 1.00. The van der Waals surface area contributed by atoms with Crippen LogP contribution in [-0.2, 0) is 0 Å². The van der Waals surface area contributed by atoms with Crippen LogP contribution in [0.25, 0.3) is 0 Å². The number of hydrogen-bond acceptors (Lipinski definition) is 1. The van der Waals surface area contributed by atoms with Crippen LogP contribution in [-0.4, -0.2) is 27.5 Å². The first kappa shape index (κ1) is 4.84. The van der Waals surface area contributed by atoms with Gasteiger partial charge in [0.2, 0.25) is 0 Å². The Morgan fingerprint density at radius 2 is 2.50 bits per heavy atom. The first-order chi connectivity index (χ1) is 2.89. The third-order valence-electron chi connectivity index (χ3n) is 0.888. The predicted molar refractivity (Wildman–Crippen MR) is 22.4 cm³/mol. The third-order valence-corrected chi connectivity index (χ3v) is 3.78. The lowest BCUT2D eigenvalue weighted by Gasteiger charge is -1.93. The van der Waals surface area contributed by atoms with Crippen LogP contribution >= 0.6 is 0 Å². The summed E-state index contributed by atoms with van der Waals surface area (Å²) in [6.07, 6.45) is 0. The molecule has 1 aliphatic heterocycles. The molecular formula is C4H9IN+. The van der Waals surface area contributed by atoms with E-state index in [9.17, 15) is 0 Å². The highest BCUT2D eigenvalue weighted by Gasteiger charge is 2.18. The van der Waals surface area contributed by atoms with Gasteiger partial charge in [0.1, 0.15) is 0 Å². The molecule has 0 aromatic rings. The molecule has 6 heavy (non-hydrogen) atoms. The van der Waals surface area contributed by atoms with Crippen molar-refractivity contribution in [1.29, 1.82) is 0 Å². The van der Waals surface area contributed by atoms with Gasteiger partial charge < -0.3 is 0 Å². The summed E-state index contributed by atoms with van der Waals surface area (Å²) in [6.45, 7) is 1.37. The second-order valence-electron chi connectivity index (χ2n) is 1.58. The minimum atomic E-state index is 0.628. The van der Waals surface area contributed by atoms with Crippen LogP contribution in [0.15, 0.2) is 0 Å². The molecule has 0 unspecified atom stereocenters. The smallest absolute Gasteiger partial charge is 0.261 e. The predicted octanol–water partition coefficient (Wildman–Crippen LogP) is -3.02. The Balaban J connectivity index is 2.18. The summed E-state index contributed by atoms with van der Waals surface area (Å²) in [5.41, 5.74) is 0. The normalized spacial score (nSPS) is 25.5. The van der Waals surface area contributed by atoms with Gasteiger partial charge in [-0.1, -0.05) is 0 Å². The van der Waals surface area contributed by atoms with E-state index < -0.39 is 0 Å². The molecular weight excluding hydrogens is 189 g/mol. The maximum atomic E-state index is 2.41. The number of alkyl halides is 2. The quantitative estimate of drug-likeness (QED) is 0.227. The third kappa shape index (κ3) is 1.08. The Hall–Kier alpha value is 0.690. The minimum absolute atomic E-state index is 0.628. The van der Waals surface area contributed by atoms with Gasteiger partial charge in [-0.25, -0.2) is 0 Å². The average Bonchev–Trinajstić information content (AvgIpc) is 1.86. The zero-order valence-electron chi connectivity index (χ0n) is 3.95. The van der Waals surface area contributed by atoms with Crippen LogP contribution in [0.3, 0.4) is 0 Å². The van der Waals surface area contributed by atoms with Crippen molar-refractivity contribution in [2.75, 3.05) is 22.6 Å². The molecule has 0 bridgehead atoms. The lowest BCUT2D eigenvalue weighted by molar-refractivity contribution is -0.642.